The smallest absolute Gasteiger partial charge is 0.328 e. The minimum absolute atomic E-state index is 0.0774. The number of nitrogens with zero attached hydrogens (tertiary/aromatic N) is 3. The van der Waals surface area contributed by atoms with Crippen LogP contribution < -0.4 is 0 Å². The number of hydrogen-bond acceptors (Lipinski definition) is 4. The maximum Gasteiger partial charge on any atom is 0.328 e. The van der Waals surface area contributed by atoms with Gasteiger partial charge in [-0.3, -0.25) is 9.48 Å². The molecule has 0 aliphatic carbocycles. The molecule has 0 radical (unpaired) electrons. The molecule has 1 saturated heterocycles. The number of carbonyl (C=O) groups is 2. The lowest BCUT2D eigenvalue weighted by atomic mass is 10.0. The lowest BCUT2D eigenvalue weighted by molar-refractivity contribution is -0.157. The van der Waals surface area contributed by atoms with Gasteiger partial charge in [0.15, 0.2) is 0 Å². The van der Waals surface area contributed by atoms with Gasteiger partial charge in [0.05, 0.1) is 6.61 Å². The molecule has 110 valence electrons. The van der Waals surface area contributed by atoms with Crippen LogP contribution in [0.15, 0.2) is 18.5 Å². The van der Waals surface area contributed by atoms with Gasteiger partial charge in [-0.2, -0.15) is 5.10 Å². The van der Waals surface area contributed by atoms with Crippen molar-refractivity contribution in [3.63, 3.8) is 0 Å². The molecule has 2 atom stereocenters. The minimum Gasteiger partial charge on any atom is -0.464 e. The first-order valence-corrected chi connectivity index (χ1v) is 7.11. The number of aromatic nitrogens is 2. The normalized spacial score (nSPS) is 20.5. The second-order valence-electron chi connectivity index (χ2n) is 4.96. The molecule has 6 heteroatoms. The molecule has 1 aromatic heterocycles. The van der Waals surface area contributed by atoms with E-state index in [2.05, 4.69) is 5.10 Å². The molecule has 0 bridgehead atoms. The fourth-order valence-electron chi connectivity index (χ4n) is 2.54. The number of esters is 1. The molecule has 2 rings (SSSR count). The molecule has 1 aliphatic heterocycles. The van der Waals surface area contributed by atoms with Crippen LogP contribution >= 0.6 is 0 Å². The summed E-state index contributed by atoms with van der Waals surface area (Å²) in [5, 5.41) is 4.09. The molecular formula is C14H21N3O3. The third kappa shape index (κ3) is 3.00. The molecule has 0 spiro atoms. The molecular weight excluding hydrogens is 258 g/mol. The van der Waals surface area contributed by atoms with Crippen molar-refractivity contribution in [1.29, 1.82) is 0 Å². The molecule has 0 aromatic carbocycles. The van der Waals surface area contributed by atoms with Crippen molar-refractivity contribution >= 4 is 11.9 Å². The van der Waals surface area contributed by atoms with Crippen LogP contribution in [0, 0.1) is 0 Å². The molecule has 1 aliphatic rings. The van der Waals surface area contributed by atoms with Gasteiger partial charge in [0.25, 0.3) is 0 Å². The van der Waals surface area contributed by atoms with Crippen LogP contribution in [0.25, 0.3) is 0 Å². The van der Waals surface area contributed by atoms with E-state index in [0.29, 0.717) is 19.6 Å². The zero-order chi connectivity index (χ0) is 14.5. The maximum absolute atomic E-state index is 12.6. The summed E-state index contributed by atoms with van der Waals surface area (Å²) in [6.45, 7) is 4.52. The highest BCUT2D eigenvalue weighted by molar-refractivity contribution is 5.86. The van der Waals surface area contributed by atoms with E-state index >= 15 is 0 Å². The summed E-state index contributed by atoms with van der Waals surface area (Å²) in [6.07, 6.45) is 5.95. The zero-order valence-corrected chi connectivity index (χ0v) is 12.0. The van der Waals surface area contributed by atoms with Crippen LogP contribution in [0.2, 0.25) is 0 Å². The average Bonchev–Trinajstić information content (AvgIpc) is 3.00. The first-order valence-electron chi connectivity index (χ1n) is 7.11. The number of carbonyl (C=O) groups excluding carboxylic acids is 2. The van der Waals surface area contributed by atoms with E-state index in [4.69, 9.17) is 4.74 Å². The van der Waals surface area contributed by atoms with Crippen molar-refractivity contribution in [2.75, 3.05) is 13.2 Å². The van der Waals surface area contributed by atoms with E-state index < -0.39 is 12.1 Å². The van der Waals surface area contributed by atoms with Crippen molar-refractivity contribution in [3.05, 3.63) is 18.5 Å². The molecule has 20 heavy (non-hydrogen) atoms. The summed E-state index contributed by atoms with van der Waals surface area (Å²) >= 11 is 0. The lowest BCUT2D eigenvalue weighted by Gasteiger charge is -2.35. The highest BCUT2D eigenvalue weighted by Crippen LogP contribution is 2.21. The Morgan fingerprint density at radius 2 is 2.25 bits per heavy atom. The highest BCUT2D eigenvalue weighted by atomic mass is 16.5. The number of ether oxygens (including phenoxy) is 1. The second-order valence-corrected chi connectivity index (χ2v) is 4.96. The molecule has 1 aromatic rings. The number of rotatable bonds is 4. The van der Waals surface area contributed by atoms with Gasteiger partial charge >= 0.3 is 5.97 Å². The predicted octanol–water partition coefficient (Wildman–Crippen LogP) is 1.39. The Bertz CT molecular complexity index is 458. The van der Waals surface area contributed by atoms with E-state index in [1.807, 2.05) is 0 Å². The lowest BCUT2D eigenvalue weighted by Crippen LogP contribution is -2.50. The van der Waals surface area contributed by atoms with Crippen LogP contribution in [-0.2, 0) is 14.3 Å². The zero-order valence-electron chi connectivity index (χ0n) is 12.0. The monoisotopic (exact) mass is 279 g/mol. The van der Waals surface area contributed by atoms with Crippen LogP contribution in [0.4, 0.5) is 0 Å². The van der Waals surface area contributed by atoms with Gasteiger partial charge in [-0.05, 0) is 39.2 Å². The van der Waals surface area contributed by atoms with Crippen LogP contribution in [0.3, 0.4) is 0 Å². The van der Waals surface area contributed by atoms with Gasteiger partial charge in [0, 0.05) is 18.9 Å². The van der Waals surface area contributed by atoms with Crippen molar-refractivity contribution in [3.8, 4) is 0 Å². The van der Waals surface area contributed by atoms with E-state index in [0.717, 1.165) is 12.8 Å². The number of amides is 1. The molecule has 1 amide bonds. The Morgan fingerprint density at radius 3 is 2.90 bits per heavy atom. The third-order valence-corrected chi connectivity index (χ3v) is 3.62. The van der Waals surface area contributed by atoms with Gasteiger partial charge in [0.2, 0.25) is 5.91 Å². The Labute approximate surface area is 118 Å². The third-order valence-electron chi connectivity index (χ3n) is 3.62. The molecule has 2 unspecified atom stereocenters. The average molecular weight is 279 g/mol. The van der Waals surface area contributed by atoms with E-state index in [-0.39, 0.29) is 11.9 Å². The predicted molar refractivity (Wildman–Crippen MR) is 72.9 cm³/mol. The molecule has 6 nitrogen and oxygen atoms in total. The largest absolute Gasteiger partial charge is 0.464 e. The molecule has 2 heterocycles. The highest BCUT2D eigenvalue weighted by Gasteiger charge is 2.35. The number of hydrogen-bond donors (Lipinski definition) is 0. The summed E-state index contributed by atoms with van der Waals surface area (Å²) in [5.41, 5.74) is 0. The summed E-state index contributed by atoms with van der Waals surface area (Å²) in [7, 11) is 0. The summed E-state index contributed by atoms with van der Waals surface area (Å²) in [5.74, 6) is -0.375. The van der Waals surface area contributed by atoms with Gasteiger partial charge in [-0.15, -0.1) is 0 Å². The number of likely N-dealkylation sites (tertiary alicyclic amines) is 1. The summed E-state index contributed by atoms with van der Waals surface area (Å²) < 4.78 is 6.69. The Hall–Kier alpha value is -1.85. The van der Waals surface area contributed by atoms with Crippen LogP contribution in [0.1, 0.15) is 39.2 Å². The maximum atomic E-state index is 12.6. The van der Waals surface area contributed by atoms with Gasteiger partial charge in [0.1, 0.15) is 12.1 Å². The molecule has 0 N–H and O–H groups in total. The van der Waals surface area contributed by atoms with Crippen LogP contribution in [0.5, 0.6) is 0 Å². The van der Waals surface area contributed by atoms with Gasteiger partial charge in [-0.25, -0.2) is 4.79 Å². The first kappa shape index (κ1) is 14.6. The van der Waals surface area contributed by atoms with Gasteiger partial charge < -0.3 is 9.64 Å². The molecule has 1 fully saturated rings. The minimum atomic E-state index is -0.450. The van der Waals surface area contributed by atoms with E-state index in [9.17, 15) is 9.59 Å². The number of piperidine rings is 1. The molecule has 0 saturated carbocycles. The topological polar surface area (TPSA) is 64.4 Å². The van der Waals surface area contributed by atoms with Crippen molar-refractivity contribution in [2.24, 2.45) is 0 Å². The van der Waals surface area contributed by atoms with E-state index in [1.54, 1.807) is 41.9 Å². The quantitative estimate of drug-likeness (QED) is 0.781. The summed E-state index contributed by atoms with van der Waals surface area (Å²) in [4.78, 5) is 26.2. The van der Waals surface area contributed by atoms with Gasteiger partial charge in [-0.1, -0.05) is 0 Å². The Kier molecular flexibility index (Phi) is 4.76. The standard InChI is InChI=1S/C14H21N3O3/c1-3-20-14(19)12-7-4-5-9-16(12)13(18)11(2)17-10-6-8-15-17/h6,8,10-12H,3-5,7,9H2,1-2H3. The Balaban J connectivity index is 2.11. The summed E-state index contributed by atoms with van der Waals surface area (Å²) in [6, 6.07) is 0.928. The SMILES string of the molecule is CCOC(=O)C1CCCCN1C(=O)C(C)n1cccn1. The van der Waals surface area contributed by atoms with Crippen LogP contribution in [-0.4, -0.2) is 45.8 Å². The second kappa shape index (κ2) is 6.54. The van der Waals surface area contributed by atoms with Crippen molar-refractivity contribution in [2.45, 2.75) is 45.2 Å². The first-order chi connectivity index (χ1) is 9.65. The van der Waals surface area contributed by atoms with Crippen molar-refractivity contribution in [1.82, 2.24) is 14.7 Å². The van der Waals surface area contributed by atoms with E-state index in [1.165, 1.54) is 0 Å². The van der Waals surface area contributed by atoms with Crippen molar-refractivity contribution < 1.29 is 14.3 Å². The Morgan fingerprint density at radius 1 is 1.45 bits per heavy atom. The fourth-order valence-corrected chi connectivity index (χ4v) is 2.54. The fraction of sp³-hybridized carbons (Fsp3) is 0.643.